The molecule has 1 aromatic rings. The third kappa shape index (κ3) is 4.97. The summed E-state index contributed by atoms with van der Waals surface area (Å²) < 4.78 is 2.22. The second-order valence-electron chi connectivity index (χ2n) is 5.53. The summed E-state index contributed by atoms with van der Waals surface area (Å²) in [5, 5.41) is 3.54. The molecule has 0 aliphatic carbocycles. The lowest BCUT2D eigenvalue weighted by Gasteiger charge is -2.32. The van der Waals surface area contributed by atoms with E-state index >= 15 is 0 Å². The average molecular weight is 264 g/mol. The lowest BCUT2D eigenvalue weighted by molar-refractivity contribution is 0.153. The van der Waals surface area contributed by atoms with Crippen molar-refractivity contribution in [2.75, 3.05) is 46.3 Å². The highest BCUT2D eigenvalue weighted by Crippen LogP contribution is 2.01. The Hall–Kier alpha value is -0.840. The Bertz CT molecular complexity index is 353. The van der Waals surface area contributed by atoms with Crippen molar-refractivity contribution in [3.63, 3.8) is 0 Å². The molecule has 1 aromatic heterocycles. The molecule has 0 spiro atoms. The Morgan fingerprint density at radius 1 is 1.21 bits per heavy atom. The molecule has 0 atom stereocenters. The summed E-state index contributed by atoms with van der Waals surface area (Å²) in [4.78, 5) is 4.99. The van der Waals surface area contributed by atoms with E-state index in [-0.39, 0.29) is 0 Å². The molecule has 1 aliphatic rings. The summed E-state index contributed by atoms with van der Waals surface area (Å²) in [5.74, 6) is 0. The Labute approximate surface area is 117 Å². The van der Waals surface area contributed by atoms with Gasteiger partial charge in [0.05, 0.1) is 0 Å². The Balaban J connectivity index is 1.52. The van der Waals surface area contributed by atoms with Crippen molar-refractivity contribution in [2.45, 2.75) is 26.4 Å². The molecule has 0 radical (unpaired) electrons. The monoisotopic (exact) mass is 264 g/mol. The lowest BCUT2D eigenvalue weighted by Crippen LogP contribution is -2.45. The van der Waals surface area contributed by atoms with Crippen LogP contribution in [0.3, 0.4) is 0 Å². The molecule has 4 nitrogen and oxygen atoms in total. The third-order valence-electron chi connectivity index (χ3n) is 3.93. The number of nitrogens with one attached hydrogen (secondary N) is 1. The van der Waals surface area contributed by atoms with Gasteiger partial charge in [-0.25, -0.2) is 0 Å². The van der Waals surface area contributed by atoms with Crippen molar-refractivity contribution in [3.8, 4) is 0 Å². The summed E-state index contributed by atoms with van der Waals surface area (Å²) in [6.45, 7) is 11.5. The number of aryl methyl sites for hydroxylation is 1. The smallest absolute Gasteiger partial charge is 0.0220 e. The predicted octanol–water partition coefficient (Wildman–Crippen LogP) is 1.24. The minimum Gasteiger partial charge on any atom is -0.354 e. The first-order valence-electron chi connectivity index (χ1n) is 7.54. The van der Waals surface area contributed by atoms with Gasteiger partial charge in [0.25, 0.3) is 0 Å². The molecule has 1 saturated heterocycles. The fourth-order valence-corrected chi connectivity index (χ4v) is 2.52. The highest BCUT2D eigenvalue weighted by molar-refractivity contribution is 5.09. The largest absolute Gasteiger partial charge is 0.354 e. The first-order chi connectivity index (χ1) is 9.28. The van der Waals surface area contributed by atoms with Crippen molar-refractivity contribution in [1.29, 1.82) is 0 Å². The average Bonchev–Trinajstić information content (AvgIpc) is 2.88. The summed E-state index contributed by atoms with van der Waals surface area (Å²) >= 11 is 0. The van der Waals surface area contributed by atoms with Gasteiger partial charge in [0, 0.05) is 51.7 Å². The van der Waals surface area contributed by atoms with Gasteiger partial charge in [-0.1, -0.05) is 0 Å². The predicted molar refractivity (Wildman–Crippen MR) is 80.4 cm³/mol. The second-order valence-corrected chi connectivity index (χ2v) is 5.53. The minimum atomic E-state index is 0.996. The van der Waals surface area contributed by atoms with E-state index in [0.717, 1.165) is 19.6 Å². The number of rotatable bonds is 7. The SMILES string of the molecule is CCn1ccc(CNCCCN2CCN(C)CC2)c1. The van der Waals surface area contributed by atoms with Crippen LogP contribution >= 0.6 is 0 Å². The van der Waals surface area contributed by atoms with E-state index in [4.69, 9.17) is 0 Å². The van der Waals surface area contributed by atoms with Gasteiger partial charge in [-0.2, -0.15) is 0 Å². The van der Waals surface area contributed by atoms with Crippen LogP contribution in [0.4, 0.5) is 0 Å². The molecule has 4 heteroatoms. The molecule has 0 amide bonds. The van der Waals surface area contributed by atoms with Crippen LogP contribution < -0.4 is 5.32 Å². The van der Waals surface area contributed by atoms with E-state index in [1.54, 1.807) is 0 Å². The number of hydrogen-bond donors (Lipinski definition) is 1. The number of hydrogen-bond acceptors (Lipinski definition) is 3. The highest BCUT2D eigenvalue weighted by atomic mass is 15.2. The van der Waals surface area contributed by atoms with Crippen molar-refractivity contribution < 1.29 is 0 Å². The number of nitrogens with zero attached hydrogens (tertiary/aromatic N) is 3. The molecule has 2 rings (SSSR count). The van der Waals surface area contributed by atoms with E-state index in [1.807, 2.05) is 0 Å². The lowest BCUT2D eigenvalue weighted by atomic mass is 10.3. The maximum Gasteiger partial charge on any atom is 0.0220 e. The number of piperazine rings is 1. The number of aromatic nitrogens is 1. The second kappa shape index (κ2) is 7.68. The molecule has 1 N–H and O–H groups in total. The summed E-state index contributed by atoms with van der Waals surface area (Å²) in [6.07, 6.45) is 5.63. The minimum absolute atomic E-state index is 0.996. The van der Waals surface area contributed by atoms with Gasteiger partial charge in [-0.3, -0.25) is 0 Å². The van der Waals surface area contributed by atoms with Crippen molar-refractivity contribution in [2.24, 2.45) is 0 Å². The molecular formula is C15H28N4. The van der Waals surface area contributed by atoms with Crippen molar-refractivity contribution in [1.82, 2.24) is 19.7 Å². The zero-order valence-electron chi connectivity index (χ0n) is 12.4. The van der Waals surface area contributed by atoms with Crippen LogP contribution in [-0.4, -0.2) is 60.7 Å². The van der Waals surface area contributed by atoms with Crippen LogP contribution in [0.25, 0.3) is 0 Å². The van der Waals surface area contributed by atoms with Gasteiger partial charge >= 0.3 is 0 Å². The van der Waals surface area contributed by atoms with Crippen LogP contribution in [0.15, 0.2) is 18.5 Å². The van der Waals surface area contributed by atoms with Crippen LogP contribution in [-0.2, 0) is 13.1 Å². The normalized spacial score (nSPS) is 18.0. The van der Waals surface area contributed by atoms with E-state index in [2.05, 4.69) is 52.1 Å². The van der Waals surface area contributed by atoms with Gasteiger partial charge in [-0.05, 0) is 45.1 Å². The molecule has 19 heavy (non-hydrogen) atoms. The Morgan fingerprint density at radius 2 is 2.00 bits per heavy atom. The Kier molecular flexibility index (Phi) is 5.89. The third-order valence-corrected chi connectivity index (χ3v) is 3.93. The molecule has 108 valence electrons. The molecular weight excluding hydrogens is 236 g/mol. The summed E-state index contributed by atoms with van der Waals surface area (Å²) in [6, 6.07) is 2.21. The van der Waals surface area contributed by atoms with E-state index in [1.165, 1.54) is 44.7 Å². The molecule has 0 unspecified atom stereocenters. The summed E-state index contributed by atoms with van der Waals surface area (Å²) in [5.41, 5.74) is 1.39. The Morgan fingerprint density at radius 3 is 2.68 bits per heavy atom. The first-order valence-corrected chi connectivity index (χ1v) is 7.54. The molecule has 2 heterocycles. The standard InChI is InChI=1S/C15H28N4/c1-3-18-8-5-15(14-18)13-16-6-4-7-19-11-9-17(2)10-12-19/h5,8,14,16H,3-4,6-7,9-13H2,1-2H3. The van der Waals surface area contributed by atoms with Gasteiger partial charge in [0.2, 0.25) is 0 Å². The molecule has 1 fully saturated rings. The topological polar surface area (TPSA) is 23.4 Å². The molecule has 1 aliphatic heterocycles. The maximum absolute atomic E-state index is 3.54. The molecule has 0 bridgehead atoms. The van der Waals surface area contributed by atoms with Gasteiger partial charge in [0.15, 0.2) is 0 Å². The zero-order valence-corrected chi connectivity index (χ0v) is 12.4. The molecule has 0 saturated carbocycles. The van der Waals surface area contributed by atoms with Crippen molar-refractivity contribution in [3.05, 3.63) is 24.0 Å². The fraction of sp³-hybridized carbons (Fsp3) is 0.733. The van der Waals surface area contributed by atoms with Gasteiger partial charge < -0.3 is 19.7 Å². The van der Waals surface area contributed by atoms with Crippen LogP contribution in [0.2, 0.25) is 0 Å². The fourth-order valence-electron chi connectivity index (χ4n) is 2.52. The van der Waals surface area contributed by atoms with Crippen LogP contribution in [0, 0.1) is 0 Å². The highest BCUT2D eigenvalue weighted by Gasteiger charge is 2.12. The van der Waals surface area contributed by atoms with Crippen LogP contribution in [0.5, 0.6) is 0 Å². The van der Waals surface area contributed by atoms with Gasteiger partial charge in [-0.15, -0.1) is 0 Å². The quantitative estimate of drug-likeness (QED) is 0.750. The number of likely N-dealkylation sites (N-methyl/N-ethyl adjacent to an activating group) is 1. The van der Waals surface area contributed by atoms with Crippen LogP contribution in [0.1, 0.15) is 18.9 Å². The zero-order chi connectivity index (χ0) is 13.5. The van der Waals surface area contributed by atoms with E-state index < -0.39 is 0 Å². The van der Waals surface area contributed by atoms with E-state index in [9.17, 15) is 0 Å². The molecule has 0 aromatic carbocycles. The first kappa shape index (κ1) is 14.6. The van der Waals surface area contributed by atoms with Crippen molar-refractivity contribution >= 4 is 0 Å². The van der Waals surface area contributed by atoms with Gasteiger partial charge in [0.1, 0.15) is 0 Å². The van der Waals surface area contributed by atoms with E-state index in [0.29, 0.717) is 0 Å². The summed E-state index contributed by atoms with van der Waals surface area (Å²) in [7, 11) is 2.21. The maximum atomic E-state index is 3.54.